The summed E-state index contributed by atoms with van der Waals surface area (Å²) in [5.41, 5.74) is 7.54. The van der Waals surface area contributed by atoms with Gasteiger partial charge in [-0.2, -0.15) is 0 Å². The SMILES string of the molecule is C.C.C.CC(C)[C@H](N)C(=O)OCc1ccccc1.CC(C)[C@H](NC(=O)N(C)C)C(=O)O.CC(C)[C@H](NC(=O)N(C)C)C(=O)OCc1ccccc1.Cl. The van der Waals surface area contributed by atoms with Crippen LogP contribution in [0.25, 0.3) is 0 Å². The number of nitrogens with one attached hydrogen (secondary N) is 2. The lowest BCUT2D eigenvalue weighted by atomic mass is 10.1. The van der Waals surface area contributed by atoms with Crippen LogP contribution in [-0.2, 0) is 37.1 Å². The second-order valence-electron chi connectivity index (χ2n) is 12.4. The van der Waals surface area contributed by atoms with Crippen molar-refractivity contribution in [3.8, 4) is 0 Å². The standard InChI is InChI=1S/C15H22N2O3.C12H17NO2.C8H16N2O3.3CH4.ClH/c1-11(2)13(16-15(19)17(3)4)14(18)20-10-12-8-6-5-7-9-12;1-9(2)11(13)12(14)15-8-10-6-4-3-5-7-10;1-5(2)6(7(11)12)9-8(13)10(3)4;;;;/h5-9,11,13H,10H2,1-4H3,(H,16,19);3-7,9,11H,8,13H2,1-2H3;5-6H,1-4H3,(H,9,13)(H,11,12);3*1H4;1H/t13-;11-;6-;;;;/m000..../s1. The summed E-state index contributed by atoms with van der Waals surface area (Å²) in [5.74, 6) is -1.82. The van der Waals surface area contributed by atoms with Crippen LogP contribution in [0.1, 0.15) is 74.9 Å². The van der Waals surface area contributed by atoms with Crippen LogP contribution >= 0.6 is 12.4 Å². The first kappa shape index (κ1) is 57.0. The fourth-order valence-corrected chi connectivity index (χ4v) is 3.45. The van der Waals surface area contributed by atoms with Crippen molar-refractivity contribution in [3.05, 3.63) is 71.8 Å². The van der Waals surface area contributed by atoms with E-state index in [0.717, 1.165) is 11.1 Å². The van der Waals surface area contributed by atoms with Crippen LogP contribution in [-0.4, -0.2) is 91.2 Å². The molecule has 3 atom stereocenters. The number of carboxylic acids is 1. The van der Waals surface area contributed by atoms with Crippen LogP contribution < -0.4 is 16.4 Å². The largest absolute Gasteiger partial charge is 0.480 e. The topological polar surface area (TPSA) is 181 Å². The molecule has 0 unspecified atom stereocenters. The second-order valence-corrected chi connectivity index (χ2v) is 12.4. The van der Waals surface area contributed by atoms with Gasteiger partial charge in [0.1, 0.15) is 31.3 Å². The Morgan fingerprint density at radius 1 is 0.615 bits per heavy atom. The smallest absolute Gasteiger partial charge is 0.329 e. The number of carbonyl (C=O) groups excluding carboxylic acids is 4. The molecule has 13 nitrogen and oxygen atoms in total. The highest BCUT2D eigenvalue weighted by molar-refractivity contribution is 5.85. The summed E-state index contributed by atoms with van der Waals surface area (Å²) in [6.45, 7) is 11.5. The van der Waals surface area contributed by atoms with Gasteiger partial charge in [0.05, 0.1) is 0 Å². The number of carbonyl (C=O) groups is 5. The van der Waals surface area contributed by atoms with E-state index < -0.39 is 30.1 Å². The molecule has 0 heterocycles. The molecule has 300 valence electrons. The summed E-state index contributed by atoms with van der Waals surface area (Å²) in [7, 11) is 6.38. The highest BCUT2D eigenvalue weighted by Crippen LogP contribution is 2.08. The minimum atomic E-state index is -1.01. The maximum atomic E-state index is 12.1. The molecule has 0 aromatic heterocycles. The maximum absolute atomic E-state index is 12.1. The van der Waals surface area contributed by atoms with Gasteiger partial charge in [0.15, 0.2) is 0 Å². The molecule has 2 aromatic rings. The predicted octanol–water partition coefficient (Wildman–Crippen LogP) is 6.44. The van der Waals surface area contributed by atoms with E-state index in [1.54, 1.807) is 42.0 Å². The van der Waals surface area contributed by atoms with Crippen LogP contribution in [0.15, 0.2) is 60.7 Å². The number of aliphatic carboxylic acids is 1. The molecular formula is C38H68ClN5O8. The predicted molar refractivity (Wildman–Crippen MR) is 212 cm³/mol. The van der Waals surface area contributed by atoms with E-state index in [-0.39, 0.29) is 77.1 Å². The second kappa shape index (κ2) is 30.3. The van der Waals surface area contributed by atoms with Gasteiger partial charge >= 0.3 is 30.0 Å². The number of urea groups is 2. The summed E-state index contributed by atoms with van der Waals surface area (Å²) in [6.07, 6.45) is 0. The number of halogens is 1. The van der Waals surface area contributed by atoms with E-state index in [1.165, 1.54) is 9.80 Å². The number of benzene rings is 2. The summed E-state index contributed by atoms with van der Waals surface area (Å²) in [4.78, 5) is 59.6. The Bertz CT molecular complexity index is 1260. The zero-order valence-corrected chi connectivity index (χ0v) is 31.2. The van der Waals surface area contributed by atoms with E-state index in [0.29, 0.717) is 6.61 Å². The number of ether oxygens (including phenoxy) is 2. The van der Waals surface area contributed by atoms with Crippen molar-refractivity contribution in [1.82, 2.24) is 20.4 Å². The van der Waals surface area contributed by atoms with Gasteiger partial charge in [0.25, 0.3) is 0 Å². The minimum absolute atomic E-state index is 0. The monoisotopic (exact) mass is 757 g/mol. The summed E-state index contributed by atoms with van der Waals surface area (Å²) >= 11 is 0. The number of esters is 2. The van der Waals surface area contributed by atoms with Crippen LogP contribution in [0.3, 0.4) is 0 Å². The molecule has 0 radical (unpaired) electrons. The lowest BCUT2D eigenvalue weighted by molar-refractivity contribution is -0.149. The Labute approximate surface area is 319 Å². The average molecular weight is 758 g/mol. The van der Waals surface area contributed by atoms with Crippen molar-refractivity contribution >= 4 is 42.4 Å². The molecule has 0 aliphatic heterocycles. The first-order valence-electron chi connectivity index (χ1n) is 15.7. The summed E-state index contributed by atoms with van der Waals surface area (Å²) in [6, 6.07) is 16.3. The van der Waals surface area contributed by atoms with E-state index in [9.17, 15) is 24.0 Å². The van der Waals surface area contributed by atoms with Gasteiger partial charge in [-0.3, -0.25) is 4.79 Å². The number of amides is 4. The lowest BCUT2D eigenvalue weighted by Crippen LogP contribution is -2.48. The molecule has 0 saturated carbocycles. The van der Waals surface area contributed by atoms with Gasteiger partial charge in [-0.1, -0.05) is 124 Å². The van der Waals surface area contributed by atoms with Crippen molar-refractivity contribution < 1.29 is 38.6 Å². The van der Waals surface area contributed by atoms with Gasteiger partial charge in [0.2, 0.25) is 0 Å². The average Bonchev–Trinajstić information content (AvgIpc) is 3.04. The maximum Gasteiger partial charge on any atom is 0.329 e. The molecule has 0 aliphatic carbocycles. The molecule has 2 aromatic carbocycles. The van der Waals surface area contributed by atoms with E-state index >= 15 is 0 Å². The quantitative estimate of drug-likeness (QED) is 0.177. The molecule has 0 fully saturated rings. The Kier molecular flexibility index (Phi) is 33.2. The molecule has 52 heavy (non-hydrogen) atoms. The highest BCUT2D eigenvalue weighted by atomic mass is 35.5. The zero-order chi connectivity index (χ0) is 37.0. The van der Waals surface area contributed by atoms with Gasteiger partial charge < -0.3 is 40.7 Å². The van der Waals surface area contributed by atoms with Crippen molar-refractivity contribution in [2.45, 2.75) is 95.2 Å². The molecule has 0 bridgehead atoms. The minimum Gasteiger partial charge on any atom is -0.480 e. The van der Waals surface area contributed by atoms with Gasteiger partial charge in [0, 0.05) is 28.2 Å². The fourth-order valence-electron chi connectivity index (χ4n) is 3.45. The molecule has 0 aliphatic rings. The van der Waals surface area contributed by atoms with Crippen LogP contribution in [0.5, 0.6) is 0 Å². The Morgan fingerprint density at radius 3 is 1.23 bits per heavy atom. The molecule has 2 rings (SSSR count). The third kappa shape index (κ3) is 23.9. The lowest BCUT2D eigenvalue weighted by Gasteiger charge is -2.23. The van der Waals surface area contributed by atoms with E-state index in [4.69, 9.17) is 20.3 Å². The van der Waals surface area contributed by atoms with Gasteiger partial charge in [-0.05, 0) is 28.9 Å². The highest BCUT2D eigenvalue weighted by Gasteiger charge is 2.26. The normalized spacial score (nSPS) is 11.3. The van der Waals surface area contributed by atoms with Crippen LogP contribution in [0.4, 0.5) is 9.59 Å². The third-order valence-electron chi connectivity index (χ3n) is 6.66. The van der Waals surface area contributed by atoms with Crippen LogP contribution in [0.2, 0.25) is 0 Å². The molecule has 4 amide bonds. The zero-order valence-electron chi connectivity index (χ0n) is 30.3. The third-order valence-corrected chi connectivity index (χ3v) is 6.66. The van der Waals surface area contributed by atoms with E-state index in [2.05, 4.69) is 10.6 Å². The summed E-state index contributed by atoms with van der Waals surface area (Å²) in [5, 5.41) is 13.8. The van der Waals surface area contributed by atoms with Crippen LogP contribution in [0, 0.1) is 17.8 Å². The Morgan fingerprint density at radius 2 is 0.942 bits per heavy atom. The number of hydrogen-bond acceptors (Lipinski definition) is 8. The molecule has 0 spiro atoms. The molecular weight excluding hydrogens is 690 g/mol. The fraction of sp³-hybridized carbons (Fsp3) is 0.553. The van der Waals surface area contributed by atoms with Crippen molar-refractivity contribution in [2.75, 3.05) is 28.2 Å². The number of nitrogens with zero attached hydrogens (tertiary/aromatic N) is 2. The molecule has 0 saturated heterocycles. The van der Waals surface area contributed by atoms with Crippen molar-refractivity contribution in [3.63, 3.8) is 0 Å². The first-order valence-corrected chi connectivity index (χ1v) is 15.7. The van der Waals surface area contributed by atoms with E-state index in [1.807, 2.05) is 88.4 Å². The van der Waals surface area contributed by atoms with Crippen molar-refractivity contribution in [1.29, 1.82) is 0 Å². The Balaban J connectivity index is -0.000000210. The Hall–Kier alpha value is -4.36. The van der Waals surface area contributed by atoms with Gasteiger partial charge in [-0.15, -0.1) is 12.4 Å². The van der Waals surface area contributed by atoms with Crippen molar-refractivity contribution in [2.24, 2.45) is 23.5 Å². The number of hydrogen-bond donors (Lipinski definition) is 4. The summed E-state index contributed by atoms with van der Waals surface area (Å²) < 4.78 is 10.3. The molecule has 5 N–H and O–H groups in total. The van der Waals surface area contributed by atoms with Gasteiger partial charge in [-0.25, -0.2) is 19.2 Å². The first-order chi connectivity index (χ1) is 22.4. The molecule has 14 heteroatoms. The number of carboxylic acid groups (broad SMARTS) is 1. The number of nitrogens with two attached hydrogens (primary N) is 1. The number of rotatable bonds is 12.